The Morgan fingerprint density at radius 2 is 1.93 bits per heavy atom. The molecule has 1 N–H and O–H groups in total. The number of aromatic nitrogens is 2. The van der Waals surface area contributed by atoms with Crippen molar-refractivity contribution in [3.63, 3.8) is 0 Å². The van der Waals surface area contributed by atoms with E-state index >= 15 is 0 Å². The van der Waals surface area contributed by atoms with Gasteiger partial charge in [-0.15, -0.1) is 0 Å². The van der Waals surface area contributed by atoms with Crippen molar-refractivity contribution in [2.45, 2.75) is 39.3 Å². The number of alkyl halides is 2. The minimum atomic E-state index is -2.86. The molecule has 1 aromatic heterocycles. The first-order valence-electron chi connectivity index (χ1n) is 8.56. The molecule has 2 unspecified atom stereocenters. The SMILES string of the molecule is CC(=O)OCC(NC(=O)OCc1ccccc1)C(C)Cc1noc(C(F)F)n1. The zero-order valence-electron chi connectivity index (χ0n) is 15.4. The fraction of sp³-hybridized carbons (Fsp3) is 0.444. The number of ether oxygens (including phenoxy) is 2. The summed E-state index contributed by atoms with van der Waals surface area (Å²) < 4.78 is 39.7. The number of esters is 1. The molecule has 8 nitrogen and oxygen atoms in total. The van der Waals surface area contributed by atoms with Crippen molar-refractivity contribution >= 4 is 12.1 Å². The van der Waals surface area contributed by atoms with Crippen molar-refractivity contribution in [1.82, 2.24) is 15.5 Å². The summed E-state index contributed by atoms with van der Waals surface area (Å²) in [6.45, 7) is 2.92. The summed E-state index contributed by atoms with van der Waals surface area (Å²) in [6, 6.07) is 8.46. The number of rotatable bonds is 9. The smallest absolute Gasteiger partial charge is 0.407 e. The van der Waals surface area contributed by atoms with E-state index in [9.17, 15) is 18.4 Å². The Morgan fingerprint density at radius 1 is 1.21 bits per heavy atom. The molecule has 0 radical (unpaired) electrons. The Labute approximate surface area is 160 Å². The Balaban J connectivity index is 1.94. The van der Waals surface area contributed by atoms with Gasteiger partial charge in [0, 0.05) is 13.3 Å². The molecule has 0 spiro atoms. The van der Waals surface area contributed by atoms with Crippen LogP contribution in [-0.4, -0.2) is 34.9 Å². The van der Waals surface area contributed by atoms with Crippen molar-refractivity contribution in [1.29, 1.82) is 0 Å². The summed E-state index contributed by atoms with van der Waals surface area (Å²) in [5, 5.41) is 6.11. The molecule has 28 heavy (non-hydrogen) atoms. The van der Waals surface area contributed by atoms with E-state index in [0.717, 1.165) is 5.56 Å². The van der Waals surface area contributed by atoms with Gasteiger partial charge in [0.1, 0.15) is 13.2 Å². The van der Waals surface area contributed by atoms with Gasteiger partial charge >= 0.3 is 18.5 Å². The van der Waals surface area contributed by atoms with Crippen LogP contribution in [0, 0.1) is 5.92 Å². The summed E-state index contributed by atoms with van der Waals surface area (Å²) >= 11 is 0. The van der Waals surface area contributed by atoms with Crippen LogP contribution in [0.5, 0.6) is 0 Å². The maximum absolute atomic E-state index is 12.6. The van der Waals surface area contributed by atoms with E-state index in [-0.39, 0.29) is 31.4 Å². The molecular formula is C18H21F2N3O5. The van der Waals surface area contributed by atoms with E-state index < -0.39 is 30.4 Å². The number of carbonyl (C=O) groups is 2. The van der Waals surface area contributed by atoms with Crippen molar-refractivity contribution in [3.05, 3.63) is 47.6 Å². The van der Waals surface area contributed by atoms with Crippen LogP contribution in [0.1, 0.15) is 37.6 Å². The zero-order chi connectivity index (χ0) is 20.5. The molecule has 152 valence electrons. The third kappa shape index (κ3) is 6.93. The predicted molar refractivity (Wildman–Crippen MR) is 92.3 cm³/mol. The molecule has 1 amide bonds. The van der Waals surface area contributed by atoms with Crippen LogP contribution in [0.15, 0.2) is 34.9 Å². The molecule has 1 heterocycles. The first-order valence-corrected chi connectivity index (χ1v) is 8.56. The normalized spacial score (nSPS) is 13.0. The van der Waals surface area contributed by atoms with Gasteiger partial charge in [-0.2, -0.15) is 13.8 Å². The zero-order valence-corrected chi connectivity index (χ0v) is 15.4. The summed E-state index contributed by atoms with van der Waals surface area (Å²) in [5.74, 6) is -1.58. The molecule has 10 heteroatoms. The molecule has 0 fully saturated rings. The van der Waals surface area contributed by atoms with Crippen LogP contribution >= 0.6 is 0 Å². The molecule has 0 aliphatic rings. The van der Waals surface area contributed by atoms with Gasteiger partial charge in [0.25, 0.3) is 5.89 Å². The highest BCUT2D eigenvalue weighted by Gasteiger charge is 2.25. The highest BCUT2D eigenvalue weighted by atomic mass is 19.3. The van der Waals surface area contributed by atoms with E-state index in [2.05, 4.69) is 20.0 Å². The lowest BCUT2D eigenvalue weighted by Crippen LogP contribution is -2.44. The fourth-order valence-electron chi connectivity index (χ4n) is 2.34. The minimum Gasteiger partial charge on any atom is -0.464 e. The van der Waals surface area contributed by atoms with E-state index in [1.54, 1.807) is 6.92 Å². The summed E-state index contributed by atoms with van der Waals surface area (Å²) in [4.78, 5) is 26.8. The molecule has 0 bridgehead atoms. The van der Waals surface area contributed by atoms with Gasteiger partial charge in [-0.3, -0.25) is 4.79 Å². The quantitative estimate of drug-likeness (QED) is 0.649. The molecule has 1 aromatic carbocycles. The Bertz CT molecular complexity index is 770. The van der Waals surface area contributed by atoms with Gasteiger partial charge in [-0.1, -0.05) is 42.4 Å². The van der Waals surface area contributed by atoms with Crippen LogP contribution < -0.4 is 5.32 Å². The molecule has 2 rings (SSSR count). The summed E-state index contributed by atoms with van der Waals surface area (Å²) in [5.41, 5.74) is 0.813. The molecule has 2 aromatic rings. The second-order valence-electron chi connectivity index (χ2n) is 6.15. The summed E-state index contributed by atoms with van der Waals surface area (Å²) in [7, 11) is 0. The van der Waals surface area contributed by atoms with Crippen LogP contribution in [0.2, 0.25) is 0 Å². The van der Waals surface area contributed by atoms with E-state index in [1.165, 1.54) is 6.92 Å². The Kier molecular flexibility index (Phi) is 7.85. The number of nitrogens with one attached hydrogen (secondary N) is 1. The van der Waals surface area contributed by atoms with Gasteiger partial charge in [-0.05, 0) is 11.5 Å². The predicted octanol–water partition coefficient (Wildman–Crippen LogP) is 3.04. The monoisotopic (exact) mass is 397 g/mol. The molecule has 0 aliphatic heterocycles. The third-order valence-electron chi connectivity index (χ3n) is 3.84. The molecular weight excluding hydrogens is 376 g/mol. The number of hydrogen-bond donors (Lipinski definition) is 1. The third-order valence-corrected chi connectivity index (χ3v) is 3.84. The van der Waals surface area contributed by atoms with Crippen LogP contribution in [-0.2, 0) is 27.3 Å². The second-order valence-corrected chi connectivity index (χ2v) is 6.15. The van der Waals surface area contributed by atoms with Gasteiger partial charge in [0.2, 0.25) is 0 Å². The largest absolute Gasteiger partial charge is 0.464 e. The fourth-order valence-corrected chi connectivity index (χ4v) is 2.34. The lowest BCUT2D eigenvalue weighted by atomic mass is 9.98. The van der Waals surface area contributed by atoms with Gasteiger partial charge in [0.15, 0.2) is 5.82 Å². The lowest BCUT2D eigenvalue weighted by molar-refractivity contribution is -0.142. The van der Waals surface area contributed by atoms with Gasteiger partial charge < -0.3 is 19.3 Å². The number of benzene rings is 1. The molecule has 0 saturated heterocycles. The number of amides is 1. The maximum atomic E-state index is 12.6. The highest BCUT2D eigenvalue weighted by molar-refractivity contribution is 5.68. The Hall–Kier alpha value is -3.04. The average molecular weight is 397 g/mol. The first kappa shape index (κ1) is 21.3. The van der Waals surface area contributed by atoms with Crippen molar-refractivity contribution < 1.29 is 32.4 Å². The maximum Gasteiger partial charge on any atom is 0.407 e. The van der Waals surface area contributed by atoms with Gasteiger partial charge in [0.05, 0.1) is 6.04 Å². The van der Waals surface area contributed by atoms with Crippen LogP contribution in [0.3, 0.4) is 0 Å². The number of hydrogen-bond acceptors (Lipinski definition) is 7. The van der Waals surface area contributed by atoms with E-state index in [0.29, 0.717) is 0 Å². The summed E-state index contributed by atoms with van der Waals surface area (Å²) in [6.07, 6.45) is -3.44. The average Bonchev–Trinajstić information content (AvgIpc) is 3.13. The van der Waals surface area contributed by atoms with E-state index in [1.807, 2.05) is 30.3 Å². The van der Waals surface area contributed by atoms with Crippen LogP contribution in [0.25, 0.3) is 0 Å². The standard InChI is InChI=1S/C18H21F2N3O5/c1-11(8-15-22-17(16(19)20)28-23-15)14(10-26-12(2)24)21-18(25)27-9-13-6-4-3-5-7-13/h3-7,11,14,16H,8-10H2,1-2H3,(H,21,25). The van der Waals surface area contributed by atoms with Crippen molar-refractivity contribution in [3.8, 4) is 0 Å². The van der Waals surface area contributed by atoms with Crippen molar-refractivity contribution in [2.75, 3.05) is 6.61 Å². The number of halogens is 2. The second kappa shape index (κ2) is 10.3. The number of nitrogens with zero attached hydrogens (tertiary/aromatic N) is 2. The number of alkyl carbamates (subject to hydrolysis) is 1. The first-order chi connectivity index (χ1) is 13.3. The van der Waals surface area contributed by atoms with Crippen LogP contribution in [0.4, 0.5) is 13.6 Å². The van der Waals surface area contributed by atoms with Gasteiger partial charge in [-0.25, -0.2) is 4.79 Å². The Morgan fingerprint density at radius 3 is 2.54 bits per heavy atom. The molecule has 0 saturated carbocycles. The number of carbonyl (C=O) groups excluding carboxylic acids is 2. The van der Waals surface area contributed by atoms with Crippen molar-refractivity contribution in [2.24, 2.45) is 5.92 Å². The lowest BCUT2D eigenvalue weighted by Gasteiger charge is -2.23. The molecule has 0 aliphatic carbocycles. The molecule has 2 atom stereocenters. The minimum absolute atomic E-state index is 0.0649. The topological polar surface area (TPSA) is 104 Å². The van der Waals surface area contributed by atoms with E-state index in [4.69, 9.17) is 9.47 Å². The highest BCUT2D eigenvalue weighted by Crippen LogP contribution is 2.18.